The highest BCUT2D eigenvalue weighted by molar-refractivity contribution is 8.76. The minimum Gasteiger partial charge on any atom is -0.370 e. The molecular formula is C55H76N16O9S3. The van der Waals surface area contributed by atoms with Gasteiger partial charge in [0, 0.05) is 90.3 Å². The topological polar surface area (TPSA) is 388 Å². The van der Waals surface area contributed by atoms with Gasteiger partial charge in [-0.1, -0.05) is 96.3 Å². The van der Waals surface area contributed by atoms with E-state index in [1.54, 1.807) is 48.3 Å². The number of hydrogen-bond donors (Lipinski definition) is 13. The molecule has 0 aliphatic carbocycles. The van der Waals surface area contributed by atoms with Gasteiger partial charge in [-0.15, -0.1) is 0 Å². The molecule has 0 spiro atoms. The second-order valence-corrected chi connectivity index (χ2v) is 24.6. The van der Waals surface area contributed by atoms with Gasteiger partial charge in [-0.2, -0.15) is 11.8 Å². The summed E-state index contributed by atoms with van der Waals surface area (Å²) >= 11 is 1.79. The molecule has 3 aliphatic heterocycles. The van der Waals surface area contributed by atoms with E-state index in [-0.39, 0.29) is 105 Å². The van der Waals surface area contributed by atoms with Crippen molar-refractivity contribution in [3.8, 4) is 0 Å². The first-order valence-corrected chi connectivity index (χ1v) is 31.5. The number of guanidine groups is 1. The van der Waals surface area contributed by atoms with Crippen LogP contribution in [0.2, 0.25) is 0 Å². The molecule has 3 saturated heterocycles. The van der Waals surface area contributed by atoms with Gasteiger partial charge < -0.3 is 74.6 Å². The first-order valence-electron chi connectivity index (χ1n) is 28.0. The number of primary amides is 1. The lowest BCUT2D eigenvalue weighted by Gasteiger charge is -2.29. The van der Waals surface area contributed by atoms with Crippen LogP contribution in [0.15, 0.2) is 78.3 Å². The number of nitrogens with one attached hydrogen (secondary N) is 10. The number of aromatic amines is 2. The quantitative estimate of drug-likeness (QED) is 0.0178. The molecule has 28 heteroatoms. The number of H-pyrrole nitrogens is 2. The van der Waals surface area contributed by atoms with Gasteiger partial charge in [-0.05, 0) is 49.3 Å². The van der Waals surface area contributed by atoms with Crippen molar-refractivity contribution in [3.05, 3.63) is 90.1 Å². The molecule has 83 heavy (non-hydrogen) atoms. The molecule has 0 saturated carbocycles. The monoisotopic (exact) mass is 1200 g/mol. The first-order chi connectivity index (χ1) is 40.0. The molecule has 2 aromatic carbocycles. The van der Waals surface area contributed by atoms with E-state index in [4.69, 9.17) is 17.2 Å². The number of hydrogen-bond acceptors (Lipinski definition) is 14. The number of aromatic nitrogens is 3. The summed E-state index contributed by atoms with van der Waals surface area (Å²) in [5.74, 6) is -4.68. The summed E-state index contributed by atoms with van der Waals surface area (Å²) in [5, 5.41) is 23.9. The van der Waals surface area contributed by atoms with E-state index in [1.807, 2.05) is 31.2 Å². The van der Waals surface area contributed by atoms with Gasteiger partial charge in [0.05, 0.1) is 25.0 Å². The van der Waals surface area contributed by atoms with Crippen LogP contribution < -0.4 is 59.7 Å². The lowest BCUT2D eigenvalue weighted by molar-refractivity contribution is -0.140. The summed E-state index contributed by atoms with van der Waals surface area (Å²) in [7, 11) is 2.43. The summed E-state index contributed by atoms with van der Waals surface area (Å²) in [6.07, 6.45) is 8.35. The van der Waals surface area contributed by atoms with Gasteiger partial charge in [0.25, 0.3) is 0 Å². The van der Waals surface area contributed by atoms with Crippen molar-refractivity contribution in [2.45, 2.75) is 138 Å². The van der Waals surface area contributed by atoms with Crippen LogP contribution in [0.3, 0.4) is 0 Å². The minimum atomic E-state index is -1.35. The number of carbonyl (C=O) groups excluding carboxylic acids is 9. The zero-order valence-electron chi connectivity index (χ0n) is 46.3. The van der Waals surface area contributed by atoms with Gasteiger partial charge in [0.15, 0.2) is 5.96 Å². The van der Waals surface area contributed by atoms with Crippen molar-refractivity contribution < 1.29 is 43.2 Å². The first kappa shape index (κ1) is 63.1. The number of aliphatic imine (C=N–C) groups is 1. The number of rotatable bonds is 21. The minimum absolute atomic E-state index is 0.0226. The van der Waals surface area contributed by atoms with Crippen molar-refractivity contribution >= 4 is 104 Å². The van der Waals surface area contributed by atoms with Crippen LogP contribution in [0.4, 0.5) is 4.79 Å². The average Bonchev–Trinajstić information content (AvgIpc) is 4.46. The van der Waals surface area contributed by atoms with E-state index in [0.29, 0.717) is 36.1 Å². The maximum atomic E-state index is 14.8. The van der Waals surface area contributed by atoms with Crippen LogP contribution in [0.1, 0.15) is 81.5 Å². The molecule has 9 atom stereocenters. The van der Waals surface area contributed by atoms with Crippen LogP contribution in [0.5, 0.6) is 0 Å². The Morgan fingerprint density at radius 3 is 2.19 bits per heavy atom. The van der Waals surface area contributed by atoms with Crippen molar-refractivity contribution in [1.29, 1.82) is 0 Å². The Bertz CT molecular complexity index is 2890. The summed E-state index contributed by atoms with van der Waals surface area (Å²) in [5.41, 5.74) is 19.7. The van der Waals surface area contributed by atoms with E-state index in [1.165, 1.54) is 39.0 Å². The van der Waals surface area contributed by atoms with Crippen LogP contribution >= 0.6 is 33.3 Å². The zero-order chi connectivity index (χ0) is 59.3. The Morgan fingerprint density at radius 2 is 1.46 bits per heavy atom. The lowest BCUT2D eigenvalue weighted by Crippen LogP contribution is -2.60. The lowest BCUT2D eigenvalue weighted by atomic mass is 10.0. The molecule has 0 bridgehead atoms. The molecule has 16 N–H and O–H groups in total. The fourth-order valence-corrected chi connectivity index (χ4v) is 13.8. The number of unbranched alkanes of at least 4 members (excludes halogenated alkanes) is 2. The molecule has 5 heterocycles. The highest BCUT2D eigenvalue weighted by Gasteiger charge is 2.43. The van der Waals surface area contributed by atoms with Crippen LogP contribution in [-0.4, -0.2) is 170 Å². The number of nitrogens with two attached hydrogens (primary N) is 3. The van der Waals surface area contributed by atoms with Gasteiger partial charge in [-0.25, -0.2) is 9.78 Å². The van der Waals surface area contributed by atoms with Gasteiger partial charge in [0.2, 0.25) is 47.3 Å². The third kappa shape index (κ3) is 19.3. The summed E-state index contributed by atoms with van der Waals surface area (Å²) in [6.45, 7) is 1.48. The molecule has 7 rings (SSSR count). The van der Waals surface area contributed by atoms with Crippen LogP contribution in [0.25, 0.3) is 10.9 Å². The van der Waals surface area contributed by atoms with Crippen LogP contribution in [0, 0.1) is 0 Å². The van der Waals surface area contributed by atoms with Gasteiger partial charge in [-0.3, -0.25) is 43.3 Å². The van der Waals surface area contributed by atoms with Crippen molar-refractivity contribution in [2.24, 2.45) is 22.2 Å². The maximum absolute atomic E-state index is 14.8. The SMILES string of the molecule is CCCC[C@H](NC(=O)CCCC[C@@H]1SC[C@@H]2NC(=O)N[C@@H]21)C(=O)N1CCSSC[C@@H](C(N)=O)NC(=O)[C@H](Cc2c[nH]c3ccccc23)NC(=O)[C@H](CCCN=C(N)N)NC(=O)[C@@H](Cc2ccccc2)NC(=O)[C@H](Cc2cnc[nH]2)NC(=O)C1. The summed E-state index contributed by atoms with van der Waals surface area (Å²) in [4.78, 5) is 142. The number of urea groups is 1. The fourth-order valence-electron chi connectivity index (χ4n) is 10.1. The number of fused-ring (bicyclic) bond motifs is 2. The van der Waals surface area contributed by atoms with Gasteiger partial charge >= 0.3 is 6.03 Å². The molecule has 4 aromatic rings. The molecule has 10 amide bonds. The number of nitrogens with zero attached hydrogens (tertiary/aromatic N) is 3. The Morgan fingerprint density at radius 1 is 0.747 bits per heavy atom. The number of thioether (sulfide) groups is 1. The molecule has 3 fully saturated rings. The second-order valence-electron chi connectivity index (χ2n) is 20.7. The zero-order valence-corrected chi connectivity index (χ0v) is 48.8. The Labute approximate surface area is 493 Å². The Balaban J connectivity index is 1.17. The number of carbonyl (C=O) groups is 9. The van der Waals surface area contributed by atoms with Crippen molar-refractivity contribution in [3.63, 3.8) is 0 Å². The average molecular weight is 1200 g/mol. The van der Waals surface area contributed by atoms with E-state index in [9.17, 15) is 43.2 Å². The van der Waals surface area contributed by atoms with Crippen molar-refractivity contribution in [1.82, 2.24) is 62.4 Å². The van der Waals surface area contributed by atoms with Crippen molar-refractivity contribution in [2.75, 3.05) is 36.9 Å². The van der Waals surface area contributed by atoms with Crippen LogP contribution in [-0.2, 0) is 57.6 Å². The molecule has 25 nitrogen and oxygen atoms in total. The Kier molecular flexibility index (Phi) is 24.2. The number of imidazole rings is 1. The molecular weight excluding hydrogens is 1120 g/mol. The van der Waals surface area contributed by atoms with E-state index in [2.05, 4.69) is 62.5 Å². The highest BCUT2D eigenvalue weighted by Crippen LogP contribution is 2.33. The predicted octanol–water partition coefficient (Wildman–Crippen LogP) is 0.506. The molecule has 0 radical (unpaired) electrons. The van der Waals surface area contributed by atoms with E-state index in [0.717, 1.165) is 29.5 Å². The smallest absolute Gasteiger partial charge is 0.315 e. The molecule has 3 aliphatic rings. The standard InChI is InChI=1S/C55H76N16O9S3/c1-2-3-15-38(63-45(72)19-10-9-18-44-47-42(29-81-44)69-55(80)70-47)53(79)71-21-22-82-83-30-43(48(56)74)68-51(77)40(24-33-26-61-36-16-8-7-14-35(33)36)67-49(75)37(17-11-20-60-54(57)58)65-50(76)39(23-32-12-5-4-6-13-32)66-52(78)41(64-46(73)28-71)25-34-27-59-31-62-34/h4-8,12-14,16,26-27,31,37-44,47,61H,2-3,9-11,15,17-25,28-30H2,1H3,(H2,56,74)(H,59,62)(H,63,72)(H,64,73)(H,65,76)(H,66,78)(H,67,75)(H,68,77)(H4,57,58,60)(H2,69,70,80)/t37-,38-,39+,40-,41-,42-,43-,44-,47-/m0/s1. The number of benzene rings is 2. The molecule has 2 aromatic heterocycles. The summed E-state index contributed by atoms with van der Waals surface area (Å²) in [6, 6.07) is 8.61. The Hall–Kier alpha value is -7.46. The second kappa shape index (κ2) is 31.8. The number of amides is 10. The predicted molar refractivity (Wildman–Crippen MR) is 320 cm³/mol. The highest BCUT2D eigenvalue weighted by atomic mass is 33.1. The number of para-hydroxylation sites is 1. The molecule has 448 valence electrons. The third-order valence-electron chi connectivity index (χ3n) is 14.5. The fraction of sp³-hybridized carbons (Fsp3) is 0.509. The van der Waals surface area contributed by atoms with E-state index >= 15 is 0 Å². The summed E-state index contributed by atoms with van der Waals surface area (Å²) < 4.78 is 0. The van der Waals surface area contributed by atoms with E-state index < -0.39 is 84.1 Å². The normalized spacial score (nSPS) is 23.6. The largest absolute Gasteiger partial charge is 0.370 e. The van der Waals surface area contributed by atoms with Gasteiger partial charge in [0.1, 0.15) is 36.3 Å². The maximum Gasteiger partial charge on any atom is 0.315 e. The molecule has 0 unspecified atom stereocenters. The third-order valence-corrected chi connectivity index (χ3v) is 18.4.